The lowest BCUT2D eigenvalue weighted by Gasteiger charge is -2.32. The molecule has 0 bridgehead atoms. The molecule has 4 aromatic rings. The summed E-state index contributed by atoms with van der Waals surface area (Å²) in [5.41, 5.74) is 3.75. The molecule has 2 saturated carbocycles. The van der Waals surface area contributed by atoms with Gasteiger partial charge in [0.1, 0.15) is 17.1 Å². The van der Waals surface area contributed by atoms with Crippen LogP contribution < -0.4 is 0 Å². The average molecular weight is 605 g/mol. The predicted octanol–water partition coefficient (Wildman–Crippen LogP) is 8.47. The van der Waals surface area contributed by atoms with E-state index in [1.165, 1.54) is 25.3 Å². The molecule has 3 aromatic heterocycles. The van der Waals surface area contributed by atoms with Gasteiger partial charge in [-0.15, -0.1) is 0 Å². The summed E-state index contributed by atoms with van der Waals surface area (Å²) in [5.74, 6) is 7.28. The van der Waals surface area contributed by atoms with Crippen molar-refractivity contribution in [3.05, 3.63) is 75.4 Å². The number of nitrogens with zero attached hydrogens (tertiary/aromatic N) is 3. The number of halogens is 2. The highest BCUT2D eigenvalue weighted by molar-refractivity contribution is 6.38. The molecule has 1 aromatic carbocycles. The third-order valence-electron chi connectivity index (χ3n) is 8.24. The summed E-state index contributed by atoms with van der Waals surface area (Å²) in [4.78, 5) is 19.5. The van der Waals surface area contributed by atoms with Crippen molar-refractivity contribution in [2.45, 2.75) is 70.3 Å². The topological polar surface area (TPSA) is 98.3 Å². The number of hydrogen-bond acceptors (Lipinski definition) is 6. The first kappa shape index (κ1) is 28.7. The third kappa shape index (κ3) is 6.32. The van der Waals surface area contributed by atoms with E-state index in [-0.39, 0.29) is 11.1 Å². The normalized spacial score (nSPS) is 16.2. The number of fused-ring (bicyclic) bond motifs is 1. The Hall–Kier alpha value is -3.44. The maximum absolute atomic E-state index is 11.2. The summed E-state index contributed by atoms with van der Waals surface area (Å²) in [7, 11) is 0. The van der Waals surface area contributed by atoms with Crippen LogP contribution in [0.3, 0.4) is 0 Å². The Kier molecular flexibility index (Phi) is 8.48. The minimum Gasteiger partial charge on any atom is -0.477 e. The molecule has 6 rings (SSSR count). The molecule has 42 heavy (non-hydrogen) atoms. The van der Waals surface area contributed by atoms with E-state index in [2.05, 4.69) is 27.0 Å². The summed E-state index contributed by atoms with van der Waals surface area (Å²) < 4.78 is 12.0. The molecule has 0 aliphatic heterocycles. The predicted molar refractivity (Wildman–Crippen MR) is 162 cm³/mol. The van der Waals surface area contributed by atoms with Crippen molar-refractivity contribution in [3.63, 3.8) is 0 Å². The van der Waals surface area contributed by atoms with Crippen LogP contribution in [0.4, 0.5) is 0 Å². The first-order chi connectivity index (χ1) is 20.4. The molecule has 0 spiro atoms. The Morgan fingerprint density at radius 3 is 2.62 bits per heavy atom. The first-order valence-electron chi connectivity index (χ1n) is 14.5. The van der Waals surface area contributed by atoms with Crippen LogP contribution in [0.1, 0.15) is 91.1 Å². The maximum Gasteiger partial charge on any atom is 0.354 e. The zero-order chi connectivity index (χ0) is 29.1. The number of rotatable bonds is 9. The Bertz CT molecular complexity index is 1660. The summed E-state index contributed by atoms with van der Waals surface area (Å²) >= 11 is 12.9. The Labute approximate surface area is 254 Å². The molecule has 216 valence electrons. The number of aromatic carboxylic acids is 1. The minimum atomic E-state index is -1.03. The van der Waals surface area contributed by atoms with Gasteiger partial charge in [0.2, 0.25) is 0 Å². The Morgan fingerprint density at radius 2 is 1.88 bits per heavy atom. The van der Waals surface area contributed by atoms with Crippen LogP contribution >= 0.6 is 23.2 Å². The second-order valence-corrected chi connectivity index (χ2v) is 12.1. The van der Waals surface area contributed by atoms with Crippen molar-refractivity contribution in [2.75, 3.05) is 6.61 Å². The van der Waals surface area contributed by atoms with Gasteiger partial charge in [-0.1, -0.05) is 65.5 Å². The lowest BCUT2D eigenvalue weighted by atomic mass is 9.71. The fourth-order valence-corrected chi connectivity index (χ4v) is 6.39. The number of pyridine rings is 2. The highest BCUT2D eigenvalue weighted by atomic mass is 35.5. The van der Waals surface area contributed by atoms with Gasteiger partial charge in [0.15, 0.2) is 0 Å². The van der Waals surface area contributed by atoms with Gasteiger partial charge in [-0.25, -0.2) is 9.78 Å². The smallest absolute Gasteiger partial charge is 0.354 e. The minimum absolute atomic E-state index is 0.0401. The van der Waals surface area contributed by atoms with Crippen molar-refractivity contribution in [2.24, 2.45) is 5.41 Å². The molecule has 0 unspecified atom stereocenters. The number of hydrogen-bond donors (Lipinski definition) is 1. The summed E-state index contributed by atoms with van der Waals surface area (Å²) in [6, 6.07) is 9.06. The number of aromatic nitrogens is 3. The first-order valence-corrected chi connectivity index (χ1v) is 15.2. The number of ether oxygens (including phenoxy) is 1. The molecule has 0 amide bonds. The number of carbonyl (C=O) groups is 1. The summed E-state index contributed by atoms with van der Waals surface area (Å²) in [6.07, 6.45) is 12.9. The number of benzene rings is 1. The van der Waals surface area contributed by atoms with Crippen molar-refractivity contribution in [1.29, 1.82) is 0 Å². The molecule has 0 saturated heterocycles. The molecular formula is C33H31Cl2N3O4. The molecule has 7 nitrogen and oxygen atoms in total. The lowest BCUT2D eigenvalue weighted by molar-refractivity contribution is 0.0691. The van der Waals surface area contributed by atoms with E-state index in [1.54, 1.807) is 18.5 Å². The van der Waals surface area contributed by atoms with E-state index in [0.717, 1.165) is 60.8 Å². The second-order valence-electron chi connectivity index (χ2n) is 11.3. The van der Waals surface area contributed by atoms with Gasteiger partial charge in [0.05, 0.1) is 22.2 Å². The van der Waals surface area contributed by atoms with Gasteiger partial charge in [0.25, 0.3) is 0 Å². The van der Waals surface area contributed by atoms with E-state index in [1.807, 2.05) is 18.2 Å². The zero-order valence-corrected chi connectivity index (χ0v) is 24.7. The van der Waals surface area contributed by atoms with Gasteiger partial charge in [-0.3, -0.25) is 4.98 Å². The van der Waals surface area contributed by atoms with Crippen LogP contribution in [0.5, 0.6) is 0 Å². The fraction of sp³-hybridized carbons (Fsp3) is 0.394. The summed E-state index contributed by atoms with van der Waals surface area (Å²) in [6.45, 7) is 0.983. The molecule has 2 fully saturated rings. The van der Waals surface area contributed by atoms with E-state index in [0.29, 0.717) is 46.0 Å². The number of carboxylic acid groups (broad SMARTS) is 1. The highest BCUT2D eigenvalue weighted by Crippen LogP contribution is 2.46. The van der Waals surface area contributed by atoms with Crippen molar-refractivity contribution < 1.29 is 19.2 Å². The standard InChI is InChI=1S/C33H31Cl2N3O4/c34-25-18-36-19-26(35)29(25)30-24(31(42-38-30)22-6-7-22)20-41-16-4-14-33(12-2-1-3-13-33)15-11-21-5-9-27-23(17-21)8-10-28(37-27)32(39)40/h5,8-10,17-19,22H,1-4,6-7,12-14,16,20H2,(H,39,40). The van der Waals surface area contributed by atoms with E-state index >= 15 is 0 Å². The molecule has 9 heteroatoms. The molecule has 0 atom stereocenters. The molecule has 0 radical (unpaired) electrons. The number of carboxylic acids is 1. The van der Waals surface area contributed by atoms with Crippen LogP contribution in [0.2, 0.25) is 10.0 Å². The van der Waals surface area contributed by atoms with Crippen molar-refractivity contribution in [3.8, 4) is 23.1 Å². The zero-order valence-electron chi connectivity index (χ0n) is 23.2. The highest BCUT2D eigenvalue weighted by Gasteiger charge is 2.34. The maximum atomic E-state index is 11.2. The van der Waals surface area contributed by atoms with Crippen molar-refractivity contribution in [1.82, 2.24) is 15.1 Å². The van der Waals surface area contributed by atoms with Gasteiger partial charge in [-0.2, -0.15) is 0 Å². The molecular weight excluding hydrogens is 573 g/mol. The van der Waals surface area contributed by atoms with Crippen LogP contribution in [-0.4, -0.2) is 32.8 Å². The van der Waals surface area contributed by atoms with Gasteiger partial charge < -0.3 is 14.4 Å². The molecule has 3 heterocycles. The lowest BCUT2D eigenvalue weighted by Crippen LogP contribution is -2.23. The quantitative estimate of drug-likeness (QED) is 0.151. The Morgan fingerprint density at radius 1 is 1.10 bits per heavy atom. The molecule has 2 aliphatic rings. The van der Waals surface area contributed by atoms with Gasteiger partial charge >= 0.3 is 5.97 Å². The van der Waals surface area contributed by atoms with Gasteiger partial charge in [-0.05, 0) is 62.8 Å². The Balaban J connectivity index is 1.12. The summed E-state index contributed by atoms with van der Waals surface area (Å²) in [5, 5.41) is 15.3. The van der Waals surface area contributed by atoms with Crippen LogP contribution in [0.15, 0.2) is 47.2 Å². The molecule has 2 aliphatic carbocycles. The van der Waals surface area contributed by atoms with Crippen LogP contribution in [0, 0.1) is 17.3 Å². The second kappa shape index (κ2) is 12.4. The van der Waals surface area contributed by atoms with Crippen LogP contribution in [-0.2, 0) is 11.3 Å². The monoisotopic (exact) mass is 603 g/mol. The van der Waals surface area contributed by atoms with E-state index in [9.17, 15) is 9.90 Å². The van der Waals surface area contributed by atoms with Crippen LogP contribution in [0.25, 0.3) is 22.2 Å². The van der Waals surface area contributed by atoms with E-state index < -0.39 is 5.97 Å². The van der Waals surface area contributed by atoms with E-state index in [4.69, 9.17) is 32.5 Å². The average Bonchev–Trinajstić information content (AvgIpc) is 3.76. The molecule has 1 N–H and O–H groups in total. The third-order valence-corrected chi connectivity index (χ3v) is 8.81. The van der Waals surface area contributed by atoms with Gasteiger partial charge in [0, 0.05) is 52.4 Å². The van der Waals surface area contributed by atoms with Crippen molar-refractivity contribution >= 4 is 40.1 Å². The SMILES string of the molecule is O=C(O)c1ccc2cc(C#CC3(CCCOCc4c(-c5c(Cl)cncc5Cl)noc4C4CC4)CCCCC3)ccc2n1. The fourth-order valence-electron chi connectivity index (χ4n) is 5.84. The largest absolute Gasteiger partial charge is 0.477 e.